The van der Waals surface area contributed by atoms with Crippen molar-refractivity contribution in [1.29, 1.82) is 5.41 Å². The summed E-state index contributed by atoms with van der Waals surface area (Å²) in [5.41, 5.74) is -1.18. The van der Waals surface area contributed by atoms with Crippen LogP contribution in [0, 0.1) is 5.41 Å². The minimum absolute atomic E-state index is 0.0424. The Hall–Kier alpha value is -3.01. The van der Waals surface area contributed by atoms with Crippen LogP contribution in [0.15, 0.2) is 30.5 Å². The van der Waals surface area contributed by atoms with Gasteiger partial charge in [-0.25, -0.2) is 9.78 Å². The number of aromatic nitrogens is 1. The number of phenols is 1. The minimum Gasteiger partial charge on any atom is -0.507 e. The number of pyridine rings is 1. The highest BCUT2D eigenvalue weighted by molar-refractivity contribution is 6.33. The Morgan fingerprint density at radius 3 is 2.38 bits per heavy atom. The zero-order chi connectivity index (χ0) is 21.3. The Labute approximate surface area is 168 Å². The zero-order valence-electron chi connectivity index (χ0n) is 14.9. The van der Waals surface area contributed by atoms with Crippen LogP contribution in [0.5, 0.6) is 5.75 Å². The molecule has 2 heterocycles. The van der Waals surface area contributed by atoms with Crippen molar-refractivity contribution in [2.24, 2.45) is 0 Å². The van der Waals surface area contributed by atoms with Gasteiger partial charge in [0.05, 0.1) is 21.7 Å². The van der Waals surface area contributed by atoms with Gasteiger partial charge in [-0.3, -0.25) is 5.41 Å². The second kappa shape index (κ2) is 7.78. The van der Waals surface area contributed by atoms with E-state index in [1.807, 2.05) is 0 Å². The number of rotatable bonds is 3. The molecule has 1 aromatic carbocycles. The number of nitrogens with one attached hydrogen (secondary N) is 1. The van der Waals surface area contributed by atoms with Gasteiger partial charge in [0.1, 0.15) is 17.4 Å². The molecule has 0 amide bonds. The number of amidine groups is 1. The molecule has 0 saturated carbocycles. The summed E-state index contributed by atoms with van der Waals surface area (Å²) >= 11 is 6.12. The number of hydrogen-bond donors (Lipinski definition) is 3. The van der Waals surface area contributed by atoms with E-state index in [-0.39, 0.29) is 35.1 Å². The second-order valence-electron chi connectivity index (χ2n) is 6.39. The molecular weight excluding hydrogens is 413 g/mol. The van der Waals surface area contributed by atoms with Gasteiger partial charge in [0.2, 0.25) is 0 Å². The summed E-state index contributed by atoms with van der Waals surface area (Å²) in [5, 5.41) is 27.3. The van der Waals surface area contributed by atoms with Gasteiger partial charge >= 0.3 is 12.1 Å². The van der Waals surface area contributed by atoms with Gasteiger partial charge in [-0.05, 0) is 24.3 Å². The number of carboxylic acid groups (broad SMARTS) is 1. The maximum absolute atomic E-state index is 12.9. The molecular formula is C18H16ClF3N4O3. The predicted octanol–water partition coefficient (Wildman–Crippen LogP) is 3.31. The molecule has 0 unspecified atom stereocenters. The molecule has 11 heteroatoms. The fourth-order valence-electron chi connectivity index (χ4n) is 2.99. The lowest BCUT2D eigenvalue weighted by molar-refractivity contribution is -0.137. The summed E-state index contributed by atoms with van der Waals surface area (Å²) < 4.78 is 38.8. The Balaban J connectivity index is 1.73. The van der Waals surface area contributed by atoms with Crippen LogP contribution in [0.4, 0.5) is 19.0 Å². The highest BCUT2D eigenvalue weighted by atomic mass is 35.5. The number of piperazine rings is 1. The van der Waals surface area contributed by atoms with Crippen molar-refractivity contribution in [2.45, 2.75) is 6.18 Å². The van der Waals surface area contributed by atoms with Gasteiger partial charge in [-0.15, -0.1) is 0 Å². The quantitative estimate of drug-likeness (QED) is 0.512. The van der Waals surface area contributed by atoms with Crippen molar-refractivity contribution in [3.63, 3.8) is 0 Å². The van der Waals surface area contributed by atoms with Gasteiger partial charge < -0.3 is 20.0 Å². The van der Waals surface area contributed by atoms with Gasteiger partial charge in [0.15, 0.2) is 0 Å². The number of hydrogen-bond acceptors (Lipinski definition) is 5. The number of halogens is 4. The standard InChI is InChI=1S/C18H16ClF3N4O3/c19-13-7-10(17(28)29)9-24-16(13)26-5-3-25(4-6-26)15(23)12-8-11(18(20,21)22)1-2-14(12)27/h1-2,7-9,23,27H,3-6H2,(H,28,29). The SMILES string of the molecule is N=C(c1cc(C(F)(F)F)ccc1O)N1CCN(c2ncc(C(=O)O)cc2Cl)CC1. The van der Waals surface area contributed by atoms with Crippen LogP contribution in [0.25, 0.3) is 0 Å². The van der Waals surface area contributed by atoms with E-state index in [1.165, 1.54) is 12.3 Å². The van der Waals surface area contributed by atoms with E-state index >= 15 is 0 Å². The highest BCUT2D eigenvalue weighted by Gasteiger charge is 2.32. The number of phenolic OH excluding ortho intramolecular Hbond substituents is 1. The Kier molecular flexibility index (Phi) is 5.56. The summed E-state index contributed by atoms with van der Waals surface area (Å²) in [6.45, 7) is 1.29. The van der Waals surface area contributed by atoms with E-state index in [0.29, 0.717) is 18.9 Å². The molecule has 29 heavy (non-hydrogen) atoms. The van der Waals surface area contributed by atoms with Crippen LogP contribution in [0.2, 0.25) is 5.02 Å². The van der Waals surface area contributed by atoms with E-state index in [9.17, 15) is 23.1 Å². The Morgan fingerprint density at radius 1 is 1.17 bits per heavy atom. The van der Waals surface area contributed by atoms with E-state index in [2.05, 4.69) is 4.98 Å². The number of carboxylic acids is 1. The number of benzene rings is 1. The van der Waals surface area contributed by atoms with Crippen LogP contribution in [-0.4, -0.2) is 58.1 Å². The molecule has 154 valence electrons. The summed E-state index contributed by atoms with van der Waals surface area (Å²) in [7, 11) is 0. The predicted molar refractivity (Wildman–Crippen MR) is 99.9 cm³/mol. The fourth-order valence-corrected chi connectivity index (χ4v) is 3.28. The lowest BCUT2D eigenvalue weighted by atomic mass is 10.1. The molecule has 1 saturated heterocycles. The highest BCUT2D eigenvalue weighted by Crippen LogP contribution is 2.33. The third-order valence-electron chi connectivity index (χ3n) is 4.54. The average Bonchev–Trinajstić information content (AvgIpc) is 2.67. The molecule has 0 spiro atoms. The number of alkyl halides is 3. The largest absolute Gasteiger partial charge is 0.507 e. The molecule has 0 bridgehead atoms. The molecule has 1 aromatic heterocycles. The average molecular weight is 429 g/mol. The zero-order valence-corrected chi connectivity index (χ0v) is 15.6. The van der Waals surface area contributed by atoms with E-state index < -0.39 is 23.5 Å². The fraction of sp³-hybridized carbons (Fsp3) is 0.278. The maximum atomic E-state index is 12.9. The molecule has 3 rings (SSSR count). The van der Waals surface area contributed by atoms with Crippen molar-refractivity contribution in [3.8, 4) is 5.75 Å². The molecule has 2 aromatic rings. The Bertz CT molecular complexity index is 960. The topological polar surface area (TPSA) is 101 Å². The first-order chi connectivity index (χ1) is 13.6. The van der Waals surface area contributed by atoms with Crippen LogP contribution in [-0.2, 0) is 6.18 Å². The molecule has 0 atom stereocenters. The summed E-state index contributed by atoms with van der Waals surface area (Å²) in [4.78, 5) is 18.4. The summed E-state index contributed by atoms with van der Waals surface area (Å²) in [5.74, 6) is -1.37. The first kappa shape index (κ1) is 20.7. The molecule has 3 N–H and O–H groups in total. The summed E-state index contributed by atoms with van der Waals surface area (Å²) in [6, 6.07) is 3.74. The van der Waals surface area contributed by atoms with Crippen LogP contribution >= 0.6 is 11.6 Å². The van der Waals surface area contributed by atoms with Crippen LogP contribution in [0.3, 0.4) is 0 Å². The van der Waals surface area contributed by atoms with Crippen LogP contribution in [0.1, 0.15) is 21.5 Å². The van der Waals surface area contributed by atoms with Crippen molar-refractivity contribution < 1.29 is 28.2 Å². The van der Waals surface area contributed by atoms with Gasteiger partial charge in [0.25, 0.3) is 0 Å². The van der Waals surface area contributed by atoms with E-state index in [1.54, 1.807) is 9.80 Å². The Morgan fingerprint density at radius 2 is 1.83 bits per heavy atom. The van der Waals surface area contributed by atoms with Crippen molar-refractivity contribution in [1.82, 2.24) is 9.88 Å². The lowest BCUT2D eigenvalue weighted by Crippen LogP contribution is -2.49. The molecule has 7 nitrogen and oxygen atoms in total. The van der Waals surface area contributed by atoms with E-state index in [0.717, 1.165) is 18.2 Å². The van der Waals surface area contributed by atoms with Crippen molar-refractivity contribution >= 4 is 29.2 Å². The monoisotopic (exact) mass is 428 g/mol. The second-order valence-corrected chi connectivity index (χ2v) is 6.79. The van der Waals surface area contributed by atoms with Crippen LogP contribution < -0.4 is 4.90 Å². The number of anilines is 1. The lowest BCUT2D eigenvalue weighted by Gasteiger charge is -2.37. The molecule has 1 aliphatic rings. The first-order valence-electron chi connectivity index (χ1n) is 8.46. The molecule has 1 fully saturated rings. The van der Waals surface area contributed by atoms with E-state index in [4.69, 9.17) is 22.1 Å². The van der Waals surface area contributed by atoms with Crippen molar-refractivity contribution in [3.05, 3.63) is 52.2 Å². The number of nitrogens with zero attached hydrogens (tertiary/aromatic N) is 3. The number of aromatic hydroxyl groups is 1. The summed E-state index contributed by atoms with van der Waals surface area (Å²) in [6.07, 6.45) is -3.38. The third kappa shape index (κ3) is 4.37. The molecule has 0 radical (unpaired) electrons. The third-order valence-corrected chi connectivity index (χ3v) is 4.82. The molecule has 0 aliphatic carbocycles. The maximum Gasteiger partial charge on any atom is 0.416 e. The van der Waals surface area contributed by atoms with Gasteiger partial charge in [-0.2, -0.15) is 13.2 Å². The van der Waals surface area contributed by atoms with Gasteiger partial charge in [-0.1, -0.05) is 11.6 Å². The smallest absolute Gasteiger partial charge is 0.416 e. The normalized spacial score (nSPS) is 14.8. The minimum atomic E-state index is -4.58. The van der Waals surface area contributed by atoms with Gasteiger partial charge in [0, 0.05) is 32.4 Å². The molecule has 1 aliphatic heterocycles. The number of carbonyl (C=O) groups is 1. The first-order valence-corrected chi connectivity index (χ1v) is 8.83. The van der Waals surface area contributed by atoms with Crippen molar-refractivity contribution in [2.75, 3.05) is 31.1 Å². The number of aromatic carboxylic acids is 1.